The number of hydrogen-bond donors (Lipinski definition) is 0. The molecule has 2 rings (SSSR count). The summed E-state index contributed by atoms with van der Waals surface area (Å²) in [6.45, 7) is 0. The number of ether oxygens (including phenoxy) is 1. The van der Waals surface area contributed by atoms with E-state index in [0.29, 0.717) is 0 Å². The predicted molar refractivity (Wildman–Crippen MR) is 71.3 cm³/mol. The van der Waals surface area contributed by atoms with Crippen LogP contribution in [0.15, 0.2) is 30.3 Å². The van der Waals surface area contributed by atoms with Gasteiger partial charge in [0.2, 0.25) is 0 Å². The number of rotatable bonds is 2. The van der Waals surface area contributed by atoms with Crippen molar-refractivity contribution in [1.29, 1.82) is 0 Å². The zero-order valence-corrected chi connectivity index (χ0v) is 13.1. The molecule has 0 radical (unpaired) electrons. The Morgan fingerprint density at radius 3 is 2.44 bits per heavy atom. The van der Waals surface area contributed by atoms with E-state index < -0.39 is 18.4 Å². The zero-order chi connectivity index (χ0) is 11.8. The summed E-state index contributed by atoms with van der Waals surface area (Å²) in [6, 6.07) is 10.3. The second-order valence-corrected chi connectivity index (χ2v) is 19.2. The van der Waals surface area contributed by atoms with Gasteiger partial charge in [0.1, 0.15) is 0 Å². The third-order valence-corrected chi connectivity index (χ3v) is 7.70. The maximum atomic E-state index is 5.47. The number of benzene rings is 1. The molecule has 0 aliphatic carbocycles. The molecule has 1 heterocycles. The van der Waals surface area contributed by atoms with E-state index in [9.17, 15) is 0 Å². The van der Waals surface area contributed by atoms with Crippen LogP contribution in [0, 0.1) is 0 Å². The molecule has 0 fully saturated rings. The molecule has 0 atom stereocenters. The summed E-state index contributed by atoms with van der Waals surface area (Å²) in [4.78, 5) is 11.9. The SMILES string of the molecule is COc1cc2ccccc2n[c]1[Sn]([CH3])([CH3])[CH3]. The number of methoxy groups -OCH3 is 1. The van der Waals surface area contributed by atoms with Crippen LogP contribution in [-0.4, -0.2) is 30.5 Å². The quantitative estimate of drug-likeness (QED) is 0.794. The first-order valence-corrected chi connectivity index (χ1v) is 15.5. The van der Waals surface area contributed by atoms with Crippen LogP contribution in [0.25, 0.3) is 10.9 Å². The van der Waals surface area contributed by atoms with Crippen molar-refractivity contribution in [2.24, 2.45) is 0 Å². The second kappa shape index (κ2) is 4.24. The van der Waals surface area contributed by atoms with Crippen molar-refractivity contribution in [3.63, 3.8) is 0 Å². The first kappa shape index (κ1) is 11.7. The van der Waals surface area contributed by atoms with E-state index in [1.165, 1.54) is 3.71 Å². The topological polar surface area (TPSA) is 22.1 Å². The fourth-order valence-corrected chi connectivity index (χ4v) is 5.70. The van der Waals surface area contributed by atoms with Gasteiger partial charge in [0.15, 0.2) is 0 Å². The summed E-state index contributed by atoms with van der Waals surface area (Å²) in [6.07, 6.45) is 0. The molecule has 0 amide bonds. The first-order valence-electron chi connectivity index (χ1n) is 5.46. The van der Waals surface area contributed by atoms with Crippen LogP contribution in [-0.2, 0) is 0 Å². The monoisotopic (exact) mass is 323 g/mol. The number of para-hydroxylation sites is 1. The summed E-state index contributed by atoms with van der Waals surface area (Å²) in [5.41, 5.74) is 1.07. The van der Waals surface area contributed by atoms with E-state index in [1.54, 1.807) is 7.11 Å². The van der Waals surface area contributed by atoms with E-state index in [1.807, 2.05) is 12.1 Å². The van der Waals surface area contributed by atoms with Crippen molar-refractivity contribution >= 4 is 33.0 Å². The van der Waals surface area contributed by atoms with Gasteiger partial charge in [-0.3, -0.25) is 0 Å². The Balaban J connectivity index is 2.73. The van der Waals surface area contributed by atoms with Crippen LogP contribution in [0.1, 0.15) is 0 Å². The third-order valence-electron chi connectivity index (χ3n) is 2.62. The Bertz CT molecular complexity index is 517. The molecule has 3 heteroatoms. The van der Waals surface area contributed by atoms with E-state index >= 15 is 0 Å². The summed E-state index contributed by atoms with van der Waals surface area (Å²) < 4.78 is 6.69. The van der Waals surface area contributed by atoms with Gasteiger partial charge in [-0.1, -0.05) is 0 Å². The normalized spacial score (nSPS) is 11.8. The number of nitrogens with zero attached hydrogens (tertiary/aromatic N) is 1. The molecule has 0 aliphatic rings. The molecule has 0 bridgehead atoms. The predicted octanol–water partition coefficient (Wildman–Crippen LogP) is 2.79. The molecular formula is C13H17NOSn. The standard InChI is InChI=1S/C10H8NO.3CH3.Sn/c1-12-9-6-8-4-2-3-5-10(8)11-7-9;;;;/h2-6H,1H3;3*1H3;. The molecule has 1 aromatic heterocycles. The van der Waals surface area contributed by atoms with Crippen molar-refractivity contribution in [1.82, 2.24) is 4.98 Å². The van der Waals surface area contributed by atoms with E-state index in [2.05, 4.69) is 33.0 Å². The van der Waals surface area contributed by atoms with E-state index in [4.69, 9.17) is 9.72 Å². The van der Waals surface area contributed by atoms with Gasteiger partial charge in [0, 0.05) is 0 Å². The average molecular weight is 322 g/mol. The molecule has 0 N–H and O–H groups in total. The van der Waals surface area contributed by atoms with E-state index in [0.717, 1.165) is 16.7 Å². The molecule has 1 aromatic carbocycles. The average Bonchev–Trinajstić information content (AvgIpc) is 2.26. The molecule has 0 unspecified atom stereocenters. The van der Waals surface area contributed by atoms with Gasteiger partial charge in [-0.05, 0) is 0 Å². The molecule has 2 nitrogen and oxygen atoms in total. The van der Waals surface area contributed by atoms with Crippen molar-refractivity contribution in [3.8, 4) is 5.75 Å². The molecular weight excluding hydrogens is 305 g/mol. The molecule has 84 valence electrons. The van der Waals surface area contributed by atoms with Crippen LogP contribution in [0.5, 0.6) is 5.75 Å². The Labute approximate surface area is 101 Å². The van der Waals surface area contributed by atoms with E-state index in [-0.39, 0.29) is 0 Å². The molecule has 0 saturated heterocycles. The van der Waals surface area contributed by atoms with Gasteiger partial charge in [0.05, 0.1) is 0 Å². The minimum absolute atomic E-state index is 0.960. The summed E-state index contributed by atoms with van der Waals surface area (Å²) in [7, 11) is 1.73. The van der Waals surface area contributed by atoms with Gasteiger partial charge >= 0.3 is 101 Å². The van der Waals surface area contributed by atoms with Crippen LogP contribution >= 0.6 is 0 Å². The van der Waals surface area contributed by atoms with Gasteiger partial charge in [-0.15, -0.1) is 0 Å². The summed E-state index contributed by atoms with van der Waals surface area (Å²) in [5, 5.41) is 1.15. The zero-order valence-electron chi connectivity index (χ0n) is 10.2. The van der Waals surface area contributed by atoms with Gasteiger partial charge < -0.3 is 0 Å². The number of aromatic nitrogens is 1. The summed E-state index contributed by atoms with van der Waals surface area (Å²) >= 11 is -2.19. The Morgan fingerprint density at radius 2 is 1.81 bits per heavy atom. The molecule has 2 aromatic rings. The van der Waals surface area contributed by atoms with Crippen LogP contribution in [0.2, 0.25) is 14.8 Å². The van der Waals surface area contributed by atoms with Crippen molar-refractivity contribution in [3.05, 3.63) is 30.3 Å². The number of hydrogen-bond acceptors (Lipinski definition) is 2. The van der Waals surface area contributed by atoms with Crippen LogP contribution in [0.4, 0.5) is 0 Å². The fraction of sp³-hybridized carbons (Fsp3) is 0.308. The molecule has 0 aliphatic heterocycles. The first-order chi connectivity index (χ1) is 7.52. The second-order valence-electron chi connectivity index (χ2n) is 4.98. The van der Waals surface area contributed by atoms with Gasteiger partial charge in [-0.25, -0.2) is 0 Å². The van der Waals surface area contributed by atoms with Gasteiger partial charge in [0.25, 0.3) is 0 Å². The molecule has 16 heavy (non-hydrogen) atoms. The Kier molecular flexibility index (Phi) is 3.10. The number of pyridine rings is 1. The van der Waals surface area contributed by atoms with Crippen LogP contribution in [0.3, 0.4) is 0 Å². The number of fused-ring (bicyclic) bond motifs is 1. The third kappa shape index (κ3) is 2.16. The van der Waals surface area contributed by atoms with Crippen molar-refractivity contribution < 1.29 is 4.74 Å². The molecule has 0 saturated carbocycles. The van der Waals surface area contributed by atoms with Gasteiger partial charge in [-0.2, -0.15) is 0 Å². The fourth-order valence-electron chi connectivity index (χ4n) is 1.79. The Hall–Kier alpha value is -0.771. The molecule has 0 spiro atoms. The van der Waals surface area contributed by atoms with Crippen LogP contribution < -0.4 is 8.45 Å². The summed E-state index contributed by atoms with van der Waals surface area (Å²) in [5.74, 6) is 0.960. The maximum absolute atomic E-state index is 5.47. The Morgan fingerprint density at radius 1 is 1.12 bits per heavy atom. The van der Waals surface area contributed by atoms with Crippen molar-refractivity contribution in [2.45, 2.75) is 14.8 Å². The minimum atomic E-state index is -2.19. The van der Waals surface area contributed by atoms with Crippen molar-refractivity contribution in [2.75, 3.05) is 7.11 Å².